The van der Waals surface area contributed by atoms with Gasteiger partial charge in [0.05, 0.1) is 6.10 Å². The summed E-state index contributed by atoms with van der Waals surface area (Å²) < 4.78 is 0. The molecule has 4 N–H and O–H groups in total. The number of primary amides is 1. The van der Waals surface area contributed by atoms with Gasteiger partial charge in [-0.05, 0) is 22.3 Å². The van der Waals surface area contributed by atoms with Crippen LogP contribution in [0.5, 0.6) is 0 Å². The first-order valence-corrected chi connectivity index (χ1v) is 9.61. The van der Waals surface area contributed by atoms with Gasteiger partial charge in [0.1, 0.15) is 12.1 Å². The second-order valence-corrected chi connectivity index (χ2v) is 7.62. The summed E-state index contributed by atoms with van der Waals surface area (Å²) in [6.07, 6.45) is -0.635. The van der Waals surface area contributed by atoms with Gasteiger partial charge in [-0.2, -0.15) is 0 Å². The zero-order valence-corrected chi connectivity index (χ0v) is 16.0. The number of nitrogens with zero attached hydrogens (tertiary/aromatic N) is 1. The fourth-order valence-corrected chi connectivity index (χ4v) is 4.53. The Labute approximate surface area is 168 Å². The largest absolute Gasteiger partial charge is 0.391 e. The van der Waals surface area contributed by atoms with Gasteiger partial charge in [0, 0.05) is 25.8 Å². The molecule has 29 heavy (non-hydrogen) atoms. The monoisotopic (exact) mass is 393 g/mol. The van der Waals surface area contributed by atoms with E-state index in [2.05, 4.69) is 5.32 Å². The number of hydrogen-bond donors (Lipinski definition) is 3. The van der Waals surface area contributed by atoms with E-state index in [0.717, 1.165) is 22.3 Å². The van der Waals surface area contributed by atoms with Gasteiger partial charge in [-0.25, -0.2) is 0 Å². The van der Waals surface area contributed by atoms with Gasteiger partial charge < -0.3 is 21.1 Å². The number of carbonyl (C=O) groups excluding carboxylic acids is 3. The lowest BCUT2D eigenvalue weighted by Crippen LogP contribution is -2.54. The summed E-state index contributed by atoms with van der Waals surface area (Å²) >= 11 is 0. The van der Waals surface area contributed by atoms with Gasteiger partial charge in [-0.15, -0.1) is 0 Å². The van der Waals surface area contributed by atoms with Crippen LogP contribution in [0.2, 0.25) is 0 Å². The number of β-amino-alcohol motifs (C(OH)–C–C–N with tert-alkyl or cyclic N) is 1. The first-order chi connectivity index (χ1) is 13.9. The van der Waals surface area contributed by atoms with E-state index in [0.29, 0.717) is 0 Å². The first-order valence-electron chi connectivity index (χ1n) is 9.61. The Morgan fingerprint density at radius 1 is 1.07 bits per heavy atom. The number of hydrogen-bond acceptors (Lipinski definition) is 4. The smallest absolute Gasteiger partial charge is 0.243 e. The van der Waals surface area contributed by atoms with Crippen molar-refractivity contribution in [2.75, 3.05) is 6.54 Å². The molecule has 0 bridgehead atoms. The lowest BCUT2D eigenvalue weighted by molar-refractivity contribution is -0.138. The first kappa shape index (κ1) is 19.1. The van der Waals surface area contributed by atoms with E-state index >= 15 is 0 Å². The predicted molar refractivity (Wildman–Crippen MR) is 107 cm³/mol. The quantitative estimate of drug-likeness (QED) is 0.711. The molecule has 2 aromatic carbocycles. The molecule has 7 nitrogen and oxygen atoms in total. The molecule has 150 valence electrons. The molecule has 3 atom stereocenters. The average molecular weight is 393 g/mol. The summed E-state index contributed by atoms with van der Waals surface area (Å²) in [5.41, 5.74) is 9.58. The number of fused-ring (bicyclic) bond motifs is 3. The molecule has 1 fully saturated rings. The SMILES string of the molecule is CC(=O)N1C[C@H](O)C[C@H]1C(=O)N[C@@H](C(N)=O)C1c2ccccc2-c2ccccc21. The standard InChI is InChI=1S/C22H23N3O4/c1-12(26)25-11-13(27)10-18(25)22(29)24-20(21(23)28)19-16-8-4-2-6-14(16)15-7-3-5-9-17(15)19/h2-9,13,18-20,27H,10-11H2,1H3,(H2,23,28)(H,24,29)/t13-,18+,20-/m1/s1. The average Bonchev–Trinajstić information content (AvgIpc) is 3.24. The number of aliphatic hydroxyl groups is 1. The van der Waals surface area contributed by atoms with E-state index in [1.54, 1.807) is 0 Å². The van der Waals surface area contributed by atoms with Crippen molar-refractivity contribution in [3.63, 3.8) is 0 Å². The van der Waals surface area contributed by atoms with Crippen LogP contribution < -0.4 is 11.1 Å². The van der Waals surface area contributed by atoms with Gasteiger partial charge in [0.2, 0.25) is 17.7 Å². The normalized spacial score (nSPS) is 21.4. The van der Waals surface area contributed by atoms with Crippen LogP contribution in [0.1, 0.15) is 30.4 Å². The van der Waals surface area contributed by atoms with Crippen molar-refractivity contribution in [1.82, 2.24) is 10.2 Å². The fraction of sp³-hybridized carbons (Fsp3) is 0.318. The molecule has 1 heterocycles. The van der Waals surface area contributed by atoms with Crippen molar-refractivity contribution < 1.29 is 19.5 Å². The van der Waals surface area contributed by atoms with E-state index < -0.39 is 35.9 Å². The number of benzene rings is 2. The maximum absolute atomic E-state index is 13.0. The molecular weight excluding hydrogens is 370 g/mol. The Hall–Kier alpha value is -3.19. The van der Waals surface area contributed by atoms with E-state index in [-0.39, 0.29) is 18.9 Å². The topological polar surface area (TPSA) is 113 Å². The number of nitrogens with one attached hydrogen (secondary N) is 1. The Morgan fingerprint density at radius 2 is 1.62 bits per heavy atom. The number of nitrogens with two attached hydrogens (primary N) is 1. The van der Waals surface area contributed by atoms with Crippen LogP contribution in [0.4, 0.5) is 0 Å². The van der Waals surface area contributed by atoms with Gasteiger partial charge in [-0.3, -0.25) is 14.4 Å². The minimum Gasteiger partial charge on any atom is -0.391 e. The summed E-state index contributed by atoms with van der Waals surface area (Å²) in [5.74, 6) is -1.85. The van der Waals surface area contributed by atoms with Gasteiger partial charge >= 0.3 is 0 Å². The van der Waals surface area contributed by atoms with Gasteiger partial charge in [0.25, 0.3) is 0 Å². The van der Waals surface area contributed by atoms with Crippen molar-refractivity contribution in [3.05, 3.63) is 59.7 Å². The lowest BCUT2D eigenvalue weighted by Gasteiger charge is -2.28. The van der Waals surface area contributed by atoms with Crippen molar-refractivity contribution in [2.24, 2.45) is 5.73 Å². The highest BCUT2D eigenvalue weighted by Gasteiger charge is 2.42. The van der Waals surface area contributed by atoms with E-state index in [9.17, 15) is 19.5 Å². The highest BCUT2D eigenvalue weighted by atomic mass is 16.3. The number of rotatable bonds is 4. The van der Waals surface area contributed by atoms with Gasteiger partial charge in [0.15, 0.2) is 0 Å². The second kappa shape index (κ2) is 7.33. The summed E-state index contributed by atoms with van der Waals surface area (Å²) in [4.78, 5) is 38.6. The van der Waals surface area contributed by atoms with Crippen LogP contribution in [0.15, 0.2) is 48.5 Å². The molecule has 3 amide bonds. The van der Waals surface area contributed by atoms with Crippen LogP contribution in [0, 0.1) is 0 Å². The molecule has 0 spiro atoms. The van der Waals surface area contributed by atoms with Gasteiger partial charge in [-0.1, -0.05) is 48.5 Å². The molecule has 0 radical (unpaired) electrons. The van der Waals surface area contributed by atoms with Crippen molar-refractivity contribution in [1.29, 1.82) is 0 Å². The zero-order valence-electron chi connectivity index (χ0n) is 16.0. The third kappa shape index (κ3) is 3.27. The van der Waals surface area contributed by atoms with E-state index in [1.165, 1.54) is 11.8 Å². The fourth-order valence-electron chi connectivity index (χ4n) is 4.53. The summed E-state index contributed by atoms with van der Waals surface area (Å²) in [7, 11) is 0. The maximum Gasteiger partial charge on any atom is 0.243 e. The minimum atomic E-state index is -0.973. The number of amides is 3. The van der Waals surface area contributed by atoms with Crippen LogP contribution in [0.25, 0.3) is 11.1 Å². The molecule has 0 aromatic heterocycles. The number of aliphatic hydroxyl groups excluding tert-OH is 1. The predicted octanol–water partition coefficient (Wildman–Crippen LogP) is 0.751. The van der Waals surface area contributed by atoms with Crippen LogP contribution in [0.3, 0.4) is 0 Å². The van der Waals surface area contributed by atoms with Crippen molar-refractivity contribution in [3.8, 4) is 11.1 Å². The molecule has 1 aliphatic carbocycles. The third-order valence-corrected chi connectivity index (χ3v) is 5.81. The Bertz CT molecular complexity index is 944. The van der Waals surface area contributed by atoms with Crippen LogP contribution in [-0.2, 0) is 14.4 Å². The van der Waals surface area contributed by atoms with E-state index in [4.69, 9.17) is 5.73 Å². The molecule has 4 rings (SSSR count). The summed E-state index contributed by atoms with van der Waals surface area (Å²) in [6.45, 7) is 1.46. The molecule has 1 saturated heterocycles. The highest BCUT2D eigenvalue weighted by molar-refractivity contribution is 5.94. The molecule has 0 saturated carbocycles. The zero-order chi connectivity index (χ0) is 20.7. The van der Waals surface area contributed by atoms with Crippen LogP contribution >= 0.6 is 0 Å². The van der Waals surface area contributed by atoms with Crippen molar-refractivity contribution >= 4 is 17.7 Å². The Morgan fingerprint density at radius 3 is 2.14 bits per heavy atom. The van der Waals surface area contributed by atoms with E-state index in [1.807, 2.05) is 48.5 Å². The van der Waals surface area contributed by atoms with Crippen LogP contribution in [-0.4, -0.2) is 52.5 Å². The Balaban J connectivity index is 1.68. The molecular formula is C22H23N3O4. The maximum atomic E-state index is 13.0. The number of carbonyl (C=O) groups is 3. The summed E-state index contributed by atoms with van der Waals surface area (Å²) in [5, 5.41) is 12.7. The van der Waals surface area contributed by atoms with Crippen molar-refractivity contribution in [2.45, 2.75) is 37.5 Å². The lowest BCUT2D eigenvalue weighted by atomic mass is 9.88. The minimum absolute atomic E-state index is 0.101. The molecule has 2 aliphatic rings. The molecule has 1 aliphatic heterocycles. The second-order valence-electron chi connectivity index (χ2n) is 7.62. The third-order valence-electron chi connectivity index (χ3n) is 5.81. The summed E-state index contributed by atoms with van der Waals surface area (Å²) in [6, 6.07) is 13.7. The number of likely N-dealkylation sites (tertiary alicyclic amines) is 1. The molecule has 2 aromatic rings. The highest BCUT2D eigenvalue weighted by Crippen LogP contribution is 2.46. The molecule has 7 heteroatoms. The molecule has 0 unspecified atom stereocenters. The Kier molecular flexibility index (Phi) is 4.84.